The van der Waals surface area contributed by atoms with Gasteiger partial charge in [0.05, 0.1) is 5.56 Å². The second-order valence-corrected chi connectivity index (χ2v) is 4.06. The van der Waals surface area contributed by atoms with Crippen LogP contribution < -0.4 is 4.74 Å². The summed E-state index contributed by atoms with van der Waals surface area (Å²) in [6, 6.07) is 4.25. The summed E-state index contributed by atoms with van der Waals surface area (Å²) in [5, 5.41) is 0. The van der Waals surface area contributed by atoms with Crippen LogP contribution in [-0.2, 0) is 5.92 Å². The van der Waals surface area contributed by atoms with Crippen molar-refractivity contribution >= 4 is 0 Å². The maximum Gasteiger partial charge on any atom is 0.313 e. The average molecular weight is 216 g/mol. The number of hydrogen-bond acceptors (Lipinski definition) is 1. The number of alkyl halides is 3. The highest BCUT2D eigenvalue weighted by Crippen LogP contribution is 2.48. The maximum absolute atomic E-state index is 13.7. The lowest BCUT2D eigenvalue weighted by molar-refractivity contribution is -0.164. The fourth-order valence-corrected chi connectivity index (χ4v) is 1.59. The van der Waals surface area contributed by atoms with Crippen LogP contribution in [-0.4, -0.2) is 12.3 Å². The van der Waals surface area contributed by atoms with Crippen LogP contribution in [0.25, 0.3) is 0 Å². The molecule has 0 aliphatic carbocycles. The molecule has 1 aromatic rings. The molecule has 0 amide bonds. The van der Waals surface area contributed by atoms with Gasteiger partial charge < -0.3 is 4.74 Å². The molecule has 4 heteroatoms. The predicted octanol–water partition coefficient (Wildman–Crippen LogP) is 3.21. The first kappa shape index (κ1) is 10.3. The molecule has 0 radical (unpaired) electrons. The first-order valence-corrected chi connectivity index (χ1v) is 4.65. The van der Waals surface area contributed by atoms with Crippen molar-refractivity contribution in [3.8, 4) is 5.75 Å². The average Bonchev–Trinajstić information content (AvgIpc) is 2.12. The van der Waals surface area contributed by atoms with E-state index in [2.05, 4.69) is 0 Å². The van der Waals surface area contributed by atoms with Gasteiger partial charge >= 0.3 is 5.92 Å². The molecule has 2 rings (SSSR count). The van der Waals surface area contributed by atoms with Crippen LogP contribution in [0.2, 0.25) is 0 Å². The summed E-state index contributed by atoms with van der Waals surface area (Å²) in [5.74, 6) is -3.41. The number of hydrogen-bond donors (Lipinski definition) is 0. The van der Waals surface area contributed by atoms with Crippen molar-refractivity contribution in [1.82, 2.24) is 0 Å². The molecule has 1 aliphatic heterocycles. The fraction of sp³-hybridized carbons (Fsp3) is 0.455. The Labute approximate surface area is 85.9 Å². The van der Waals surface area contributed by atoms with Gasteiger partial charge in [-0.15, -0.1) is 0 Å². The minimum atomic E-state index is -3.49. The standard InChI is InChI=1S/C11H11F3O/c1-7-3-4-8-9(5-7)15-6-10(2,12)11(8,13)14/h3-5H,6H2,1-2H3. The first-order chi connectivity index (χ1) is 6.84. The van der Waals surface area contributed by atoms with E-state index in [9.17, 15) is 13.2 Å². The molecule has 82 valence electrons. The van der Waals surface area contributed by atoms with Crippen molar-refractivity contribution < 1.29 is 17.9 Å². The van der Waals surface area contributed by atoms with Gasteiger partial charge in [-0.2, -0.15) is 8.78 Å². The highest BCUT2D eigenvalue weighted by molar-refractivity contribution is 5.43. The Morgan fingerprint density at radius 3 is 2.60 bits per heavy atom. The summed E-state index contributed by atoms with van der Waals surface area (Å²) in [6.07, 6.45) is 0. The lowest BCUT2D eigenvalue weighted by Gasteiger charge is -2.36. The second kappa shape index (κ2) is 2.90. The van der Waals surface area contributed by atoms with Crippen molar-refractivity contribution in [3.63, 3.8) is 0 Å². The summed E-state index contributed by atoms with van der Waals surface area (Å²) < 4.78 is 45.9. The molecular formula is C11H11F3O. The first-order valence-electron chi connectivity index (χ1n) is 4.65. The molecule has 0 bridgehead atoms. The molecule has 1 aromatic carbocycles. The summed E-state index contributed by atoms with van der Waals surface area (Å²) in [4.78, 5) is 0. The zero-order valence-corrected chi connectivity index (χ0v) is 8.48. The van der Waals surface area contributed by atoms with E-state index in [1.165, 1.54) is 18.2 Å². The molecule has 15 heavy (non-hydrogen) atoms. The van der Waals surface area contributed by atoms with Crippen molar-refractivity contribution in [2.75, 3.05) is 6.61 Å². The fourth-order valence-electron chi connectivity index (χ4n) is 1.59. The molecule has 0 spiro atoms. The van der Waals surface area contributed by atoms with Gasteiger partial charge in [0.15, 0.2) is 0 Å². The van der Waals surface area contributed by atoms with Crippen molar-refractivity contribution in [2.24, 2.45) is 0 Å². The van der Waals surface area contributed by atoms with E-state index in [1.807, 2.05) is 0 Å². The van der Waals surface area contributed by atoms with Gasteiger partial charge in [0, 0.05) is 0 Å². The molecule has 0 N–H and O–H groups in total. The van der Waals surface area contributed by atoms with Crippen molar-refractivity contribution in [3.05, 3.63) is 29.3 Å². The molecular weight excluding hydrogens is 205 g/mol. The molecule has 0 fully saturated rings. The monoisotopic (exact) mass is 216 g/mol. The Morgan fingerprint density at radius 2 is 1.93 bits per heavy atom. The van der Waals surface area contributed by atoms with E-state index in [1.54, 1.807) is 6.92 Å². The number of rotatable bonds is 0. The minimum absolute atomic E-state index is 0.0788. The molecule has 1 atom stereocenters. The van der Waals surface area contributed by atoms with Crippen LogP contribution in [0.1, 0.15) is 18.1 Å². The Kier molecular flexibility index (Phi) is 2.00. The number of fused-ring (bicyclic) bond motifs is 1. The minimum Gasteiger partial charge on any atom is -0.489 e. The zero-order valence-electron chi connectivity index (χ0n) is 8.48. The number of benzene rings is 1. The lowest BCUT2D eigenvalue weighted by atomic mass is 9.90. The number of ether oxygens (including phenoxy) is 1. The van der Waals surface area contributed by atoms with Crippen LogP contribution in [0, 0.1) is 6.92 Å². The van der Waals surface area contributed by atoms with E-state index in [0.29, 0.717) is 0 Å². The molecule has 0 saturated carbocycles. The van der Waals surface area contributed by atoms with Gasteiger partial charge in [-0.3, -0.25) is 0 Å². The zero-order chi connectivity index (χ0) is 11.3. The smallest absolute Gasteiger partial charge is 0.313 e. The van der Waals surface area contributed by atoms with Crippen LogP contribution >= 0.6 is 0 Å². The SMILES string of the molecule is Cc1ccc2c(c1)OCC(C)(F)C2(F)F. The number of aryl methyl sites for hydroxylation is 1. The third kappa shape index (κ3) is 1.39. The van der Waals surface area contributed by atoms with Gasteiger partial charge in [0.1, 0.15) is 12.4 Å². The third-order valence-electron chi connectivity index (χ3n) is 2.63. The van der Waals surface area contributed by atoms with Crippen LogP contribution in [0.3, 0.4) is 0 Å². The van der Waals surface area contributed by atoms with Crippen LogP contribution in [0.15, 0.2) is 18.2 Å². The Bertz CT molecular complexity index is 399. The lowest BCUT2D eigenvalue weighted by Crippen LogP contribution is -2.47. The largest absolute Gasteiger partial charge is 0.489 e. The maximum atomic E-state index is 13.7. The van der Waals surface area contributed by atoms with E-state index >= 15 is 0 Å². The van der Waals surface area contributed by atoms with Crippen LogP contribution in [0.5, 0.6) is 5.75 Å². The van der Waals surface area contributed by atoms with Gasteiger partial charge in [-0.1, -0.05) is 6.07 Å². The molecule has 1 nitrogen and oxygen atoms in total. The van der Waals surface area contributed by atoms with E-state index < -0.39 is 18.2 Å². The summed E-state index contributed by atoms with van der Waals surface area (Å²) in [6.45, 7) is 2.01. The van der Waals surface area contributed by atoms with Gasteiger partial charge in [0.25, 0.3) is 0 Å². The second-order valence-electron chi connectivity index (χ2n) is 4.06. The Morgan fingerprint density at radius 1 is 1.27 bits per heavy atom. The highest BCUT2D eigenvalue weighted by atomic mass is 19.3. The molecule has 0 saturated heterocycles. The summed E-state index contributed by atoms with van der Waals surface area (Å²) >= 11 is 0. The van der Waals surface area contributed by atoms with Crippen LogP contribution in [0.4, 0.5) is 13.2 Å². The summed E-state index contributed by atoms with van der Waals surface area (Å²) in [5.41, 5.74) is -2.20. The Hall–Kier alpha value is -1.19. The van der Waals surface area contributed by atoms with E-state index in [4.69, 9.17) is 4.74 Å². The van der Waals surface area contributed by atoms with Crippen molar-refractivity contribution in [1.29, 1.82) is 0 Å². The third-order valence-corrected chi connectivity index (χ3v) is 2.63. The quantitative estimate of drug-likeness (QED) is 0.647. The normalized spacial score (nSPS) is 28.1. The van der Waals surface area contributed by atoms with Gasteiger partial charge in [-0.05, 0) is 31.5 Å². The summed E-state index contributed by atoms with van der Waals surface area (Å²) in [7, 11) is 0. The van der Waals surface area contributed by atoms with Gasteiger partial charge in [-0.25, -0.2) is 4.39 Å². The van der Waals surface area contributed by atoms with Gasteiger partial charge in [0.2, 0.25) is 5.67 Å². The number of halogens is 3. The molecule has 0 aromatic heterocycles. The highest BCUT2D eigenvalue weighted by Gasteiger charge is 2.57. The Balaban J connectivity index is 2.58. The van der Waals surface area contributed by atoms with E-state index in [-0.39, 0.29) is 11.3 Å². The van der Waals surface area contributed by atoms with Crippen molar-refractivity contribution in [2.45, 2.75) is 25.4 Å². The topological polar surface area (TPSA) is 9.23 Å². The molecule has 1 unspecified atom stereocenters. The predicted molar refractivity (Wildman–Crippen MR) is 50.1 cm³/mol. The molecule has 1 aliphatic rings. The van der Waals surface area contributed by atoms with E-state index in [0.717, 1.165) is 12.5 Å². The molecule has 1 heterocycles.